The third-order valence-electron chi connectivity index (χ3n) is 2.86. The normalized spacial score (nSPS) is 10.7. The van der Waals surface area contributed by atoms with Gasteiger partial charge in [-0.2, -0.15) is 5.10 Å². The number of aromatic amines is 1. The lowest BCUT2D eigenvalue weighted by molar-refractivity contribution is 0.0942. The topological polar surface area (TPSA) is 83.8 Å². The van der Waals surface area contributed by atoms with Crippen LogP contribution in [0.2, 0.25) is 0 Å². The van der Waals surface area contributed by atoms with Gasteiger partial charge < -0.3 is 9.73 Å². The van der Waals surface area contributed by atoms with Crippen molar-refractivity contribution in [3.05, 3.63) is 34.8 Å². The Morgan fingerprint density at radius 3 is 2.89 bits per heavy atom. The number of nitrogens with one attached hydrogen (secondary N) is 2. The summed E-state index contributed by atoms with van der Waals surface area (Å²) >= 11 is 0. The Bertz CT molecular complexity index is 551. The Morgan fingerprint density at radius 2 is 2.26 bits per heavy atom. The van der Waals surface area contributed by atoms with Crippen LogP contribution in [0.4, 0.5) is 0 Å². The Labute approximate surface area is 111 Å². The van der Waals surface area contributed by atoms with Crippen LogP contribution in [-0.4, -0.2) is 21.1 Å². The second kappa shape index (κ2) is 5.69. The van der Waals surface area contributed by atoms with Gasteiger partial charge in [-0.1, -0.05) is 13.3 Å². The number of oxazole rings is 1. The molecular weight excluding hydrogens is 244 g/mol. The highest BCUT2D eigenvalue weighted by Crippen LogP contribution is 2.08. The summed E-state index contributed by atoms with van der Waals surface area (Å²) in [5.41, 5.74) is 2.20. The Hall–Kier alpha value is -2.11. The molecule has 2 N–H and O–H groups in total. The van der Waals surface area contributed by atoms with E-state index in [4.69, 9.17) is 4.42 Å². The van der Waals surface area contributed by atoms with E-state index in [1.165, 1.54) is 0 Å². The molecule has 0 aromatic carbocycles. The van der Waals surface area contributed by atoms with E-state index < -0.39 is 0 Å². The van der Waals surface area contributed by atoms with Crippen molar-refractivity contribution < 1.29 is 9.21 Å². The van der Waals surface area contributed by atoms with Crippen LogP contribution in [0.3, 0.4) is 0 Å². The molecule has 2 heterocycles. The molecule has 0 saturated carbocycles. The first-order chi connectivity index (χ1) is 9.10. The molecule has 2 aromatic rings. The van der Waals surface area contributed by atoms with Gasteiger partial charge in [0.25, 0.3) is 5.91 Å². The first-order valence-corrected chi connectivity index (χ1v) is 6.35. The van der Waals surface area contributed by atoms with Crippen LogP contribution in [-0.2, 0) is 13.0 Å². The third kappa shape index (κ3) is 3.21. The van der Waals surface area contributed by atoms with E-state index in [9.17, 15) is 4.79 Å². The smallest absolute Gasteiger partial charge is 0.272 e. The fourth-order valence-corrected chi connectivity index (χ4v) is 1.74. The molecule has 0 saturated heterocycles. The van der Waals surface area contributed by atoms with Crippen LogP contribution in [0.15, 0.2) is 10.5 Å². The number of aromatic nitrogens is 3. The maximum absolute atomic E-state index is 11.9. The van der Waals surface area contributed by atoms with Crippen LogP contribution in [0.5, 0.6) is 0 Å². The van der Waals surface area contributed by atoms with Gasteiger partial charge in [-0.25, -0.2) is 4.98 Å². The quantitative estimate of drug-likeness (QED) is 0.862. The molecule has 0 aliphatic carbocycles. The molecule has 6 nitrogen and oxygen atoms in total. The van der Waals surface area contributed by atoms with Crippen LogP contribution in [0, 0.1) is 13.8 Å². The van der Waals surface area contributed by atoms with Gasteiger partial charge in [-0.05, 0) is 26.3 Å². The van der Waals surface area contributed by atoms with E-state index in [1.807, 2.05) is 13.8 Å². The van der Waals surface area contributed by atoms with Crippen LogP contribution >= 0.6 is 0 Å². The lowest BCUT2D eigenvalue weighted by atomic mass is 10.2. The molecule has 0 aliphatic heterocycles. The molecule has 2 rings (SSSR count). The average Bonchev–Trinajstić information content (AvgIpc) is 2.95. The lowest BCUT2D eigenvalue weighted by Crippen LogP contribution is -2.23. The minimum Gasteiger partial charge on any atom is -0.444 e. The van der Waals surface area contributed by atoms with Crippen LogP contribution in [0.25, 0.3) is 0 Å². The van der Waals surface area contributed by atoms with Crippen LogP contribution < -0.4 is 5.32 Å². The molecule has 0 radical (unpaired) electrons. The van der Waals surface area contributed by atoms with Crippen molar-refractivity contribution >= 4 is 5.91 Å². The number of rotatable bonds is 5. The average molecular weight is 262 g/mol. The predicted molar refractivity (Wildman–Crippen MR) is 69.7 cm³/mol. The minimum atomic E-state index is -0.230. The van der Waals surface area contributed by atoms with E-state index in [0.717, 1.165) is 30.0 Å². The summed E-state index contributed by atoms with van der Waals surface area (Å²) in [5, 5.41) is 9.56. The van der Waals surface area contributed by atoms with Gasteiger partial charge in [0.05, 0.1) is 12.2 Å². The first kappa shape index (κ1) is 13.3. The molecule has 0 spiro atoms. The fraction of sp³-hybridized carbons (Fsp3) is 0.462. The highest BCUT2D eigenvalue weighted by molar-refractivity contribution is 5.92. The van der Waals surface area contributed by atoms with Gasteiger partial charge >= 0.3 is 0 Å². The van der Waals surface area contributed by atoms with E-state index in [0.29, 0.717) is 11.6 Å². The van der Waals surface area contributed by atoms with Gasteiger partial charge in [-0.15, -0.1) is 0 Å². The van der Waals surface area contributed by atoms with Crippen molar-refractivity contribution in [1.29, 1.82) is 0 Å². The second-order valence-corrected chi connectivity index (χ2v) is 4.46. The molecule has 2 aromatic heterocycles. The summed E-state index contributed by atoms with van der Waals surface area (Å²) in [4.78, 5) is 16.1. The van der Waals surface area contributed by atoms with Crippen molar-refractivity contribution in [3.63, 3.8) is 0 Å². The third-order valence-corrected chi connectivity index (χ3v) is 2.86. The van der Waals surface area contributed by atoms with Crippen molar-refractivity contribution in [2.75, 3.05) is 0 Å². The maximum atomic E-state index is 11.9. The number of amides is 1. The number of nitrogens with zero attached hydrogens (tertiary/aromatic N) is 2. The predicted octanol–water partition coefficient (Wildman–Crippen LogP) is 1.90. The summed E-state index contributed by atoms with van der Waals surface area (Å²) in [6.07, 6.45) is 1.90. The molecule has 0 fully saturated rings. The molecule has 0 atom stereocenters. The van der Waals surface area contributed by atoms with E-state index in [-0.39, 0.29) is 12.5 Å². The first-order valence-electron chi connectivity index (χ1n) is 6.35. The van der Waals surface area contributed by atoms with Gasteiger partial charge in [0.15, 0.2) is 0 Å². The molecular formula is C13H18N4O2. The summed E-state index contributed by atoms with van der Waals surface area (Å²) in [5.74, 6) is 1.05. The van der Waals surface area contributed by atoms with Gasteiger partial charge in [0, 0.05) is 5.69 Å². The lowest BCUT2D eigenvalue weighted by Gasteiger charge is -1.98. The molecule has 6 heteroatoms. The molecule has 0 bridgehead atoms. The zero-order valence-electron chi connectivity index (χ0n) is 11.4. The number of carbonyl (C=O) groups is 1. The number of aryl methyl sites for hydroxylation is 3. The maximum Gasteiger partial charge on any atom is 0.272 e. The van der Waals surface area contributed by atoms with Gasteiger partial charge in [0.2, 0.25) is 5.89 Å². The van der Waals surface area contributed by atoms with E-state index in [2.05, 4.69) is 27.4 Å². The highest BCUT2D eigenvalue weighted by atomic mass is 16.4. The van der Waals surface area contributed by atoms with Crippen molar-refractivity contribution in [2.45, 2.75) is 40.2 Å². The summed E-state index contributed by atoms with van der Waals surface area (Å²) in [6, 6.07) is 1.77. The molecule has 19 heavy (non-hydrogen) atoms. The van der Waals surface area contributed by atoms with Gasteiger partial charge in [0.1, 0.15) is 11.5 Å². The van der Waals surface area contributed by atoms with Crippen molar-refractivity contribution in [2.24, 2.45) is 0 Å². The summed E-state index contributed by atoms with van der Waals surface area (Å²) in [7, 11) is 0. The zero-order chi connectivity index (χ0) is 13.8. The Balaban J connectivity index is 1.93. The minimum absolute atomic E-state index is 0.230. The number of hydrogen-bond donors (Lipinski definition) is 2. The zero-order valence-corrected chi connectivity index (χ0v) is 11.4. The summed E-state index contributed by atoms with van der Waals surface area (Å²) < 4.78 is 5.39. The standard InChI is InChI=1S/C13H18N4O2/c1-4-5-10-6-11(17-16-10)13(18)14-7-12-15-8(2)9(3)19-12/h6H,4-5,7H2,1-3H3,(H,14,18)(H,16,17). The molecule has 0 unspecified atom stereocenters. The molecule has 0 aliphatic rings. The largest absolute Gasteiger partial charge is 0.444 e. The summed E-state index contributed by atoms with van der Waals surface area (Å²) in [6.45, 7) is 6.06. The number of hydrogen-bond acceptors (Lipinski definition) is 4. The number of H-pyrrole nitrogens is 1. The van der Waals surface area contributed by atoms with Crippen molar-refractivity contribution in [3.8, 4) is 0 Å². The van der Waals surface area contributed by atoms with E-state index >= 15 is 0 Å². The Morgan fingerprint density at radius 1 is 1.47 bits per heavy atom. The van der Waals surface area contributed by atoms with Gasteiger partial charge in [-0.3, -0.25) is 9.89 Å². The molecule has 1 amide bonds. The second-order valence-electron chi connectivity index (χ2n) is 4.46. The monoisotopic (exact) mass is 262 g/mol. The highest BCUT2D eigenvalue weighted by Gasteiger charge is 2.12. The number of carbonyl (C=O) groups excluding carboxylic acids is 1. The fourth-order valence-electron chi connectivity index (χ4n) is 1.74. The Kier molecular flexibility index (Phi) is 3.99. The molecule has 102 valence electrons. The SMILES string of the molecule is CCCc1cc(C(=O)NCc2nc(C)c(C)o2)n[nH]1. The van der Waals surface area contributed by atoms with Crippen molar-refractivity contribution in [1.82, 2.24) is 20.5 Å². The van der Waals surface area contributed by atoms with Crippen LogP contribution in [0.1, 0.15) is 46.9 Å². The van der Waals surface area contributed by atoms with E-state index in [1.54, 1.807) is 6.07 Å².